The van der Waals surface area contributed by atoms with E-state index in [0.717, 1.165) is 10.9 Å². The monoisotopic (exact) mass is 354 g/mol. The summed E-state index contributed by atoms with van der Waals surface area (Å²) >= 11 is 0. The number of benzene rings is 2. The van der Waals surface area contributed by atoms with E-state index in [0.29, 0.717) is 17.0 Å². The van der Waals surface area contributed by atoms with Gasteiger partial charge in [0.2, 0.25) is 0 Å². The van der Waals surface area contributed by atoms with Gasteiger partial charge in [-0.1, -0.05) is 6.07 Å². The van der Waals surface area contributed by atoms with Crippen LogP contribution in [0, 0.1) is 17.0 Å². The van der Waals surface area contributed by atoms with Gasteiger partial charge in [0.25, 0.3) is 11.6 Å². The number of ether oxygens (including phenoxy) is 1. The highest BCUT2D eigenvalue weighted by Gasteiger charge is 2.10. The van der Waals surface area contributed by atoms with Gasteiger partial charge in [-0.25, -0.2) is 4.79 Å². The van der Waals surface area contributed by atoms with E-state index in [2.05, 4.69) is 5.32 Å². The average Bonchev–Trinajstić information content (AvgIpc) is 2.59. The lowest BCUT2D eigenvalue weighted by molar-refractivity contribution is -0.384. The maximum atomic E-state index is 12.0. The van der Waals surface area contributed by atoms with E-state index in [4.69, 9.17) is 9.15 Å². The number of amides is 1. The van der Waals surface area contributed by atoms with E-state index in [-0.39, 0.29) is 12.3 Å². The second-order valence-electron chi connectivity index (χ2n) is 5.55. The minimum Gasteiger partial charge on any atom is -0.484 e. The van der Waals surface area contributed by atoms with Crippen molar-refractivity contribution in [1.29, 1.82) is 0 Å². The van der Waals surface area contributed by atoms with Crippen LogP contribution in [0.2, 0.25) is 0 Å². The molecule has 0 radical (unpaired) electrons. The summed E-state index contributed by atoms with van der Waals surface area (Å²) in [4.78, 5) is 33.6. The van der Waals surface area contributed by atoms with Crippen LogP contribution < -0.4 is 15.7 Å². The molecule has 0 saturated heterocycles. The Kier molecular flexibility index (Phi) is 4.66. The Labute approximate surface area is 147 Å². The van der Waals surface area contributed by atoms with Gasteiger partial charge in [-0.15, -0.1) is 0 Å². The van der Waals surface area contributed by atoms with Gasteiger partial charge in [-0.3, -0.25) is 14.9 Å². The Bertz CT molecular complexity index is 1060. The lowest BCUT2D eigenvalue weighted by atomic mass is 10.1. The number of nitro benzene ring substituents is 1. The first-order chi connectivity index (χ1) is 12.4. The number of fused-ring (bicyclic) bond motifs is 1. The molecule has 26 heavy (non-hydrogen) atoms. The van der Waals surface area contributed by atoms with Crippen molar-refractivity contribution >= 4 is 28.3 Å². The molecule has 3 aromatic rings. The van der Waals surface area contributed by atoms with Crippen LogP contribution in [0.5, 0.6) is 5.75 Å². The summed E-state index contributed by atoms with van der Waals surface area (Å²) in [6, 6.07) is 11.9. The molecule has 0 atom stereocenters. The summed E-state index contributed by atoms with van der Waals surface area (Å²) in [7, 11) is 0. The van der Waals surface area contributed by atoms with Gasteiger partial charge in [0, 0.05) is 35.3 Å². The zero-order valence-electron chi connectivity index (χ0n) is 13.7. The zero-order chi connectivity index (χ0) is 18.7. The largest absolute Gasteiger partial charge is 0.484 e. The molecule has 0 aliphatic rings. The average molecular weight is 354 g/mol. The predicted octanol–water partition coefficient (Wildman–Crippen LogP) is 3.03. The summed E-state index contributed by atoms with van der Waals surface area (Å²) in [5, 5.41) is 14.0. The van der Waals surface area contributed by atoms with Crippen LogP contribution in [0.4, 0.5) is 11.4 Å². The molecule has 1 aromatic heterocycles. The summed E-state index contributed by atoms with van der Waals surface area (Å²) in [5.74, 6) is -0.114. The number of anilines is 1. The highest BCUT2D eigenvalue weighted by molar-refractivity contribution is 5.92. The molecule has 8 heteroatoms. The summed E-state index contributed by atoms with van der Waals surface area (Å²) in [5.41, 5.74) is 0.866. The van der Waals surface area contributed by atoms with E-state index >= 15 is 0 Å². The molecule has 0 bridgehead atoms. The number of nitrogens with zero attached hydrogens (tertiary/aromatic N) is 1. The van der Waals surface area contributed by atoms with Crippen LogP contribution >= 0.6 is 0 Å². The highest BCUT2D eigenvalue weighted by atomic mass is 16.6. The molecule has 1 N–H and O–H groups in total. The number of rotatable bonds is 5. The number of non-ortho nitro benzene ring substituents is 1. The van der Waals surface area contributed by atoms with Crippen LogP contribution in [0.1, 0.15) is 5.56 Å². The van der Waals surface area contributed by atoms with Crippen LogP contribution in [0.25, 0.3) is 11.0 Å². The minimum absolute atomic E-state index is 0.122. The molecule has 3 rings (SSSR count). The van der Waals surface area contributed by atoms with Crippen LogP contribution in [-0.2, 0) is 4.79 Å². The standard InChI is InChI=1S/C18H14N2O6/c1-11-7-18(22)26-16-9-14(5-6-15(11)16)25-10-17(21)19-12-3-2-4-13(8-12)20(23)24/h2-9H,10H2,1H3,(H,19,21). The minimum atomic E-state index is -0.545. The third kappa shape index (κ3) is 3.86. The molecule has 0 unspecified atom stereocenters. The van der Waals surface area contributed by atoms with Crippen molar-refractivity contribution in [3.05, 3.63) is 74.6 Å². The van der Waals surface area contributed by atoms with Crippen molar-refractivity contribution in [2.24, 2.45) is 0 Å². The van der Waals surface area contributed by atoms with Gasteiger partial charge in [0.05, 0.1) is 4.92 Å². The van der Waals surface area contributed by atoms with Gasteiger partial charge in [0.1, 0.15) is 11.3 Å². The third-order valence-electron chi connectivity index (χ3n) is 3.63. The molecule has 132 valence electrons. The summed E-state index contributed by atoms with van der Waals surface area (Å²) < 4.78 is 10.5. The third-order valence-corrected chi connectivity index (χ3v) is 3.63. The van der Waals surface area contributed by atoms with Crippen molar-refractivity contribution in [3.8, 4) is 5.75 Å². The van der Waals surface area contributed by atoms with Gasteiger partial charge in [-0.05, 0) is 30.7 Å². The van der Waals surface area contributed by atoms with Crippen molar-refractivity contribution in [1.82, 2.24) is 0 Å². The fourth-order valence-corrected chi connectivity index (χ4v) is 2.44. The molecule has 0 aliphatic heterocycles. The SMILES string of the molecule is Cc1cc(=O)oc2cc(OCC(=O)Nc3cccc([N+](=O)[O-])c3)ccc12. The molecule has 0 fully saturated rings. The van der Waals surface area contributed by atoms with Crippen LogP contribution in [0.15, 0.2) is 57.7 Å². The Morgan fingerprint density at radius 2 is 2.04 bits per heavy atom. The van der Waals surface area contributed by atoms with E-state index < -0.39 is 16.5 Å². The zero-order valence-corrected chi connectivity index (χ0v) is 13.7. The van der Waals surface area contributed by atoms with Crippen molar-refractivity contribution in [2.45, 2.75) is 6.92 Å². The van der Waals surface area contributed by atoms with Crippen LogP contribution in [-0.4, -0.2) is 17.4 Å². The lowest BCUT2D eigenvalue weighted by Gasteiger charge is -2.08. The molecule has 2 aromatic carbocycles. The number of hydrogen-bond acceptors (Lipinski definition) is 6. The molecule has 0 saturated carbocycles. The van der Waals surface area contributed by atoms with E-state index in [9.17, 15) is 19.7 Å². The maximum Gasteiger partial charge on any atom is 0.336 e. The van der Waals surface area contributed by atoms with Crippen LogP contribution in [0.3, 0.4) is 0 Å². The van der Waals surface area contributed by atoms with Gasteiger partial charge in [-0.2, -0.15) is 0 Å². The Hall–Kier alpha value is -3.68. The van der Waals surface area contributed by atoms with Crippen molar-refractivity contribution in [2.75, 3.05) is 11.9 Å². The Morgan fingerprint density at radius 1 is 1.23 bits per heavy atom. The van der Waals surface area contributed by atoms with Crippen molar-refractivity contribution < 1.29 is 18.9 Å². The van der Waals surface area contributed by atoms with Gasteiger partial charge in [0.15, 0.2) is 6.61 Å². The summed E-state index contributed by atoms with van der Waals surface area (Å²) in [6.07, 6.45) is 0. The van der Waals surface area contributed by atoms with E-state index in [1.165, 1.54) is 30.3 Å². The number of carbonyl (C=O) groups is 1. The highest BCUT2D eigenvalue weighted by Crippen LogP contribution is 2.22. The van der Waals surface area contributed by atoms with E-state index in [1.807, 2.05) is 0 Å². The smallest absolute Gasteiger partial charge is 0.336 e. The fourth-order valence-electron chi connectivity index (χ4n) is 2.44. The lowest BCUT2D eigenvalue weighted by Crippen LogP contribution is -2.20. The first kappa shape index (κ1) is 17.2. The number of carbonyl (C=O) groups excluding carboxylic acids is 1. The second-order valence-corrected chi connectivity index (χ2v) is 5.55. The molecular weight excluding hydrogens is 340 g/mol. The number of hydrogen-bond donors (Lipinski definition) is 1. The molecule has 0 spiro atoms. The molecule has 0 aliphatic carbocycles. The van der Waals surface area contributed by atoms with E-state index in [1.54, 1.807) is 25.1 Å². The normalized spacial score (nSPS) is 10.5. The fraction of sp³-hybridized carbons (Fsp3) is 0.111. The molecule has 1 heterocycles. The molecule has 1 amide bonds. The first-order valence-electron chi connectivity index (χ1n) is 7.64. The Balaban J connectivity index is 1.68. The molecule has 8 nitrogen and oxygen atoms in total. The first-order valence-corrected chi connectivity index (χ1v) is 7.64. The molecular formula is C18H14N2O6. The van der Waals surface area contributed by atoms with Gasteiger partial charge < -0.3 is 14.5 Å². The number of nitro groups is 1. The van der Waals surface area contributed by atoms with Crippen molar-refractivity contribution in [3.63, 3.8) is 0 Å². The maximum absolute atomic E-state index is 12.0. The second kappa shape index (κ2) is 7.06. The summed E-state index contributed by atoms with van der Waals surface area (Å²) in [6.45, 7) is 1.50. The topological polar surface area (TPSA) is 112 Å². The quantitative estimate of drug-likeness (QED) is 0.428. The predicted molar refractivity (Wildman–Crippen MR) is 94.4 cm³/mol. The Morgan fingerprint density at radius 3 is 2.81 bits per heavy atom. The number of aryl methyl sites for hydroxylation is 1. The van der Waals surface area contributed by atoms with Gasteiger partial charge >= 0.3 is 5.63 Å². The number of nitrogens with one attached hydrogen (secondary N) is 1.